The number of aliphatic carboxylic acids is 1. The van der Waals surface area contributed by atoms with E-state index in [0.29, 0.717) is 5.75 Å². The van der Waals surface area contributed by atoms with Gasteiger partial charge in [-0.05, 0) is 19.8 Å². The van der Waals surface area contributed by atoms with E-state index in [9.17, 15) is 19.5 Å². The smallest absolute Gasteiger partial charge is 0.312 e. The first kappa shape index (κ1) is 17.5. The highest BCUT2D eigenvalue weighted by molar-refractivity contribution is 8.00. The molecule has 2 aliphatic heterocycles. The Morgan fingerprint density at radius 2 is 2.04 bits per heavy atom. The standard InChI is InChI=1S/C16H25N3O4S/c1-15(14(22)23)8-19-12(21)11(13(19)24-9-15)18-10(20)7-16(17)5-3-2-4-6-16/h11,13H,2-9,17H2,1H3,(H,18,20)(H,22,23)/t11?,13-,15?/m1/s1. The summed E-state index contributed by atoms with van der Waals surface area (Å²) in [5, 5.41) is 12.0. The van der Waals surface area contributed by atoms with Gasteiger partial charge in [-0.3, -0.25) is 14.4 Å². The van der Waals surface area contributed by atoms with Crippen LogP contribution in [0.1, 0.15) is 45.4 Å². The number of β-lactam (4-membered cyclic amide) rings is 1. The summed E-state index contributed by atoms with van der Waals surface area (Å²) >= 11 is 1.43. The number of carboxylic acids is 1. The maximum atomic E-state index is 12.3. The van der Waals surface area contributed by atoms with Crippen molar-refractivity contribution in [2.45, 2.75) is 62.4 Å². The van der Waals surface area contributed by atoms with Crippen LogP contribution in [-0.2, 0) is 14.4 Å². The van der Waals surface area contributed by atoms with E-state index >= 15 is 0 Å². The minimum Gasteiger partial charge on any atom is -0.481 e. The normalized spacial score (nSPS) is 34.9. The Bertz CT molecular complexity index is 564. The van der Waals surface area contributed by atoms with E-state index < -0.39 is 23.0 Å². The minimum atomic E-state index is -0.921. The monoisotopic (exact) mass is 355 g/mol. The van der Waals surface area contributed by atoms with E-state index in [1.54, 1.807) is 11.8 Å². The van der Waals surface area contributed by atoms with Crippen LogP contribution < -0.4 is 11.1 Å². The van der Waals surface area contributed by atoms with Gasteiger partial charge in [-0.1, -0.05) is 19.3 Å². The Balaban J connectivity index is 1.55. The molecule has 0 spiro atoms. The molecule has 7 nitrogen and oxygen atoms in total. The summed E-state index contributed by atoms with van der Waals surface area (Å²) in [5.74, 6) is -0.826. The van der Waals surface area contributed by atoms with Gasteiger partial charge in [0.1, 0.15) is 11.4 Å². The van der Waals surface area contributed by atoms with Crippen LogP contribution >= 0.6 is 11.8 Å². The molecule has 0 bridgehead atoms. The fraction of sp³-hybridized carbons (Fsp3) is 0.812. The number of carboxylic acid groups (broad SMARTS) is 1. The summed E-state index contributed by atoms with van der Waals surface area (Å²) < 4.78 is 0. The van der Waals surface area contributed by atoms with Crippen LogP contribution in [-0.4, -0.2) is 57.0 Å². The Kier molecular flexibility index (Phi) is 4.55. The first-order valence-corrected chi connectivity index (χ1v) is 9.53. The van der Waals surface area contributed by atoms with Gasteiger partial charge >= 0.3 is 5.97 Å². The predicted molar refractivity (Wildman–Crippen MR) is 90.3 cm³/mol. The van der Waals surface area contributed by atoms with Crippen LogP contribution in [0.3, 0.4) is 0 Å². The summed E-state index contributed by atoms with van der Waals surface area (Å²) in [6.07, 6.45) is 5.21. The van der Waals surface area contributed by atoms with E-state index in [2.05, 4.69) is 5.32 Å². The van der Waals surface area contributed by atoms with Crippen LogP contribution in [0, 0.1) is 5.41 Å². The van der Waals surface area contributed by atoms with Crippen LogP contribution in [0.2, 0.25) is 0 Å². The number of nitrogens with zero attached hydrogens (tertiary/aromatic N) is 1. The summed E-state index contributed by atoms with van der Waals surface area (Å²) in [6.45, 7) is 1.85. The number of hydrogen-bond acceptors (Lipinski definition) is 5. The Morgan fingerprint density at radius 1 is 1.38 bits per heavy atom. The third-order valence-corrected chi connectivity index (χ3v) is 7.10. The lowest BCUT2D eigenvalue weighted by Crippen LogP contribution is -2.73. The number of carbonyl (C=O) groups excluding carboxylic acids is 2. The number of thioether (sulfide) groups is 1. The zero-order chi connectivity index (χ0) is 17.5. The van der Waals surface area contributed by atoms with Gasteiger partial charge in [0.15, 0.2) is 0 Å². The van der Waals surface area contributed by atoms with E-state index in [1.807, 2.05) is 0 Å². The molecule has 2 amide bonds. The molecule has 0 aromatic heterocycles. The number of hydrogen-bond donors (Lipinski definition) is 3. The van der Waals surface area contributed by atoms with Gasteiger partial charge in [-0.15, -0.1) is 11.8 Å². The van der Waals surface area contributed by atoms with E-state index in [-0.39, 0.29) is 30.2 Å². The molecule has 2 heterocycles. The van der Waals surface area contributed by atoms with Gasteiger partial charge in [0.2, 0.25) is 11.8 Å². The zero-order valence-electron chi connectivity index (χ0n) is 13.9. The molecule has 8 heteroatoms. The van der Waals surface area contributed by atoms with Gasteiger partial charge in [0.05, 0.1) is 5.41 Å². The minimum absolute atomic E-state index is 0.158. The molecule has 3 fully saturated rings. The van der Waals surface area contributed by atoms with Crippen molar-refractivity contribution >= 4 is 29.5 Å². The van der Waals surface area contributed by atoms with E-state index in [0.717, 1.165) is 32.1 Å². The van der Waals surface area contributed by atoms with Gasteiger partial charge in [-0.2, -0.15) is 0 Å². The lowest BCUT2D eigenvalue weighted by Gasteiger charge is -2.53. The van der Waals surface area contributed by atoms with Crippen molar-refractivity contribution in [1.29, 1.82) is 0 Å². The molecular weight excluding hydrogens is 330 g/mol. The molecule has 134 valence electrons. The van der Waals surface area contributed by atoms with Crippen LogP contribution in [0.25, 0.3) is 0 Å². The van der Waals surface area contributed by atoms with Crippen molar-refractivity contribution in [2.24, 2.45) is 11.1 Å². The third-order valence-electron chi connectivity index (χ3n) is 5.43. The van der Waals surface area contributed by atoms with Crippen LogP contribution in [0.15, 0.2) is 0 Å². The van der Waals surface area contributed by atoms with Crippen molar-refractivity contribution in [3.05, 3.63) is 0 Å². The summed E-state index contributed by atoms with van der Waals surface area (Å²) in [7, 11) is 0. The molecule has 0 radical (unpaired) electrons. The molecule has 1 saturated carbocycles. The largest absolute Gasteiger partial charge is 0.481 e. The summed E-state index contributed by atoms with van der Waals surface area (Å²) in [5.41, 5.74) is 4.93. The number of nitrogens with one attached hydrogen (secondary N) is 1. The highest BCUT2D eigenvalue weighted by Gasteiger charge is 2.56. The fourth-order valence-corrected chi connectivity index (χ4v) is 5.30. The Morgan fingerprint density at radius 3 is 2.67 bits per heavy atom. The highest BCUT2D eigenvalue weighted by atomic mass is 32.2. The van der Waals surface area contributed by atoms with Crippen molar-refractivity contribution in [2.75, 3.05) is 12.3 Å². The van der Waals surface area contributed by atoms with Gasteiger partial charge in [0.25, 0.3) is 0 Å². The first-order valence-electron chi connectivity index (χ1n) is 8.48. The molecule has 2 saturated heterocycles. The second kappa shape index (κ2) is 6.22. The SMILES string of the molecule is CC1(C(=O)O)CS[C@@H]2C(NC(=O)CC3(N)CCCCC3)C(=O)N2C1. The average Bonchev–Trinajstić information content (AvgIpc) is 2.53. The number of nitrogens with two attached hydrogens (primary N) is 1. The molecule has 3 aliphatic rings. The second-order valence-electron chi connectivity index (χ2n) is 7.68. The molecule has 3 rings (SSSR count). The molecular formula is C16H25N3O4S. The fourth-order valence-electron chi connectivity index (χ4n) is 3.81. The number of fused-ring (bicyclic) bond motifs is 1. The van der Waals surface area contributed by atoms with Crippen molar-refractivity contribution in [3.63, 3.8) is 0 Å². The zero-order valence-corrected chi connectivity index (χ0v) is 14.7. The molecule has 3 atom stereocenters. The number of carbonyl (C=O) groups is 3. The molecule has 1 aliphatic carbocycles. The molecule has 24 heavy (non-hydrogen) atoms. The van der Waals surface area contributed by atoms with Crippen molar-refractivity contribution in [1.82, 2.24) is 10.2 Å². The quantitative estimate of drug-likeness (QED) is 0.634. The molecule has 0 aromatic rings. The molecule has 2 unspecified atom stereocenters. The van der Waals surface area contributed by atoms with E-state index in [4.69, 9.17) is 5.73 Å². The molecule has 4 N–H and O–H groups in total. The topological polar surface area (TPSA) is 113 Å². The van der Waals surface area contributed by atoms with Crippen LogP contribution in [0.4, 0.5) is 0 Å². The number of amides is 2. The number of rotatable bonds is 4. The van der Waals surface area contributed by atoms with Crippen LogP contribution in [0.5, 0.6) is 0 Å². The van der Waals surface area contributed by atoms with Crippen molar-refractivity contribution < 1.29 is 19.5 Å². The Hall–Kier alpha value is -1.28. The van der Waals surface area contributed by atoms with Gasteiger partial charge in [-0.25, -0.2) is 0 Å². The Labute approximate surface area is 145 Å². The lowest BCUT2D eigenvalue weighted by molar-refractivity contribution is -0.158. The second-order valence-corrected chi connectivity index (χ2v) is 8.78. The van der Waals surface area contributed by atoms with E-state index in [1.165, 1.54) is 11.8 Å². The predicted octanol–water partition coefficient (Wildman–Crippen LogP) is 0.529. The average molecular weight is 355 g/mol. The summed E-state index contributed by atoms with van der Waals surface area (Å²) in [6, 6.07) is -0.548. The summed E-state index contributed by atoms with van der Waals surface area (Å²) in [4.78, 5) is 37.5. The van der Waals surface area contributed by atoms with Gasteiger partial charge in [0, 0.05) is 24.3 Å². The lowest BCUT2D eigenvalue weighted by atomic mass is 9.80. The maximum Gasteiger partial charge on any atom is 0.312 e. The molecule has 0 aromatic carbocycles. The first-order chi connectivity index (χ1) is 11.2. The third kappa shape index (κ3) is 3.13. The highest BCUT2D eigenvalue weighted by Crippen LogP contribution is 2.42. The van der Waals surface area contributed by atoms with Crippen molar-refractivity contribution in [3.8, 4) is 0 Å². The van der Waals surface area contributed by atoms with Gasteiger partial charge < -0.3 is 21.1 Å². The maximum absolute atomic E-state index is 12.3.